The molecular formula is C28H29N3O5. The molecule has 0 radical (unpaired) electrons. The number of benzene rings is 3. The van der Waals surface area contributed by atoms with E-state index in [-0.39, 0.29) is 30.6 Å². The van der Waals surface area contributed by atoms with Crippen molar-refractivity contribution >= 4 is 17.6 Å². The van der Waals surface area contributed by atoms with Crippen molar-refractivity contribution < 1.29 is 23.8 Å². The maximum atomic E-state index is 13.2. The molecule has 0 unspecified atom stereocenters. The molecule has 3 amide bonds. The molecule has 1 saturated heterocycles. The quantitative estimate of drug-likeness (QED) is 0.539. The van der Waals surface area contributed by atoms with Crippen LogP contribution >= 0.6 is 0 Å². The number of hydrogen-bond acceptors (Lipinski definition) is 5. The Morgan fingerprint density at radius 3 is 2.53 bits per heavy atom. The van der Waals surface area contributed by atoms with Crippen LogP contribution in [0.2, 0.25) is 0 Å². The number of fused-ring (bicyclic) bond motifs is 1. The Hall–Kier alpha value is -4.20. The molecule has 3 aromatic carbocycles. The largest absolute Gasteiger partial charge is 0.497 e. The Balaban J connectivity index is 1.27. The van der Waals surface area contributed by atoms with E-state index in [1.54, 1.807) is 36.3 Å². The van der Waals surface area contributed by atoms with Crippen LogP contribution in [-0.4, -0.2) is 43.8 Å². The number of amides is 3. The smallest absolute Gasteiger partial charge is 0.321 e. The van der Waals surface area contributed by atoms with Crippen LogP contribution in [0.4, 0.5) is 10.5 Å². The molecule has 3 aromatic rings. The summed E-state index contributed by atoms with van der Waals surface area (Å²) in [5, 5.41) is 6.00. The zero-order chi connectivity index (χ0) is 24.9. The molecule has 36 heavy (non-hydrogen) atoms. The number of methoxy groups -OCH3 is 1. The Bertz CT molecular complexity index is 1220. The van der Waals surface area contributed by atoms with Crippen LogP contribution in [0.3, 0.4) is 0 Å². The predicted octanol–water partition coefficient (Wildman–Crippen LogP) is 4.38. The van der Waals surface area contributed by atoms with Gasteiger partial charge in [-0.1, -0.05) is 36.4 Å². The first-order chi connectivity index (χ1) is 17.6. The van der Waals surface area contributed by atoms with Gasteiger partial charge in [-0.2, -0.15) is 0 Å². The van der Waals surface area contributed by atoms with Crippen molar-refractivity contribution in [3.63, 3.8) is 0 Å². The maximum Gasteiger partial charge on any atom is 0.321 e. The Morgan fingerprint density at radius 2 is 1.75 bits per heavy atom. The SMILES string of the molecule is COc1ccc(NC(=O)N2C[C@@H](C(=O)NCc3ccc4c(c3)OCO4)C[C@H](c3ccccc3)C2)cc1. The molecule has 2 atom stereocenters. The highest BCUT2D eigenvalue weighted by Crippen LogP contribution is 2.33. The third kappa shape index (κ3) is 5.38. The number of carbonyl (C=O) groups excluding carboxylic acids is 2. The van der Waals surface area contributed by atoms with Gasteiger partial charge in [-0.25, -0.2) is 4.79 Å². The molecule has 2 heterocycles. The summed E-state index contributed by atoms with van der Waals surface area (Å²) in [6.07, 6.45) is 0.670. The molecule has 8 nitrogen and oxygen atoms in total. The molecule has 8 heteroatoms. The van der Waals surface area contributed by atoms with Gasteiger partial charge < -0.3 is 29.7 Å². The fraction of sp³-hybridized carbons (Fsp3) is 0.286. The second-order valence-corrected chi connectivity index (χ2v) is 9.01. The number of carbonyl (C=O) groups is 2. The van der Waals surface area contributed by atoms with E-state index < -0.39 is 0 Å². The van der Waals surface area contributed by atoms with Gasteiger partial charge in [0.1, 0.15) is 5.75 Å². The van der Waals surface area contributed by atoms with E-state index in [1.165, 1.54) is 0 Å². The van der Waals surface area contributed by atoms with Gasteiger partial charge in [0.25, 0.3) is 0 Å². The lowest BCUT2D eigenvalue weighted by molar-refractivity contribution is -0.126. The number of anilines is 1. The van der Waals surface area contributed by atoms with Gasteiger partial charge in [-0.15, -0.1) is 0 Å². The average molecular weight is 488 g/mol. The van der Waals surface area contributed by atoms with Gasteiger partial charge in [-0.05, 0) is 53.9 Å². The molecule has 2 N–H and O–H groups in total. The van der Waals surface area contributed by atoms with Crippen molar-refractivity contribution in [1.82, 2.24) is 10.2 Å². The monoisotopic (exact) mass is 487 g/mol. The summed E-state index contributed by atoms with van der Waals surface area (Å²) in [6.45, 7) is 1.47. The van der Waals surface area contributed by atoms with Gasteiger partial charge >= 0.3 is 6.03 Å². The summed E-state index contributed by atoms with van der Waals surface area (Å²) in [7, 11) is 1.60. The molecule has 0 aromatic heterocycles. The molecule has 1 fully saturated rings. The molecular weight excluding hydrogens is 458 g/mol. The zero-order valence-corrected chi connectivity index (χ0v) is 20.1. The molecule has 0 spiro atoms. The van der Waals surface area contributed by atoms with Crippen molar-refractivity contribution in [3.05, 3.63) is 83.9 Å². The van der Waals surface area contributed by atoms with Gasteiger partial charge in [0, 0.05) is 31.2 Å². The summed E-state index contributed by atoms with van der Waals surface area (Å²) in [5.41, 5.74) is 2.72. The van der Waals surface area contributed by atoms with Crippen molar-refractivity contribution in [1.29, 1.82) is 0 Å². The number of urea groups is 1. The van der Waals surface area contributed by atoms with Gasteiger partial charge in [0.05, 0.1) is 13.0 Å². The maximum absolute atomic E-state index is 13.2. The van der Waals surface area contributed by atoms with Crippen LogP contribution in [0.5, 0.6) is 17.2 Å². The predicted molar refractivity (Wildman–Crippen MR) is 135 cm³/mol. The number of rotatable bonds is 6. The number of nitrogens with zero attached hydrogens (tertiary/aromatic N) is 1. The molecule has 0 saturated carbocycles. The molecule has 5 rings (SSSR count). The number of piperidine rings is 1. The zero-order valence-electron chi connectivity index (χ0n) is 20.1. The second kappa shape index (κ2) is 10.6. The van der Waals surface area contributed by atoms with E-state index in [2.05, 4.69) is 22.8 Å². The first-order valence-electron chi connectivity index (χ1n) is 12.0. The van der Waals surface area contributed by atoms with Crippen LogP contribution in [0.25, 0.3) is 0 Å². The Morgan fingerprint density at radius 1 is 0.972 bits per heavy atom. The Labute approximate surface area is 210 Å². The highest BCUT2D eigenvalue weighted by Gasteiger charge is 2.34. The molecule has 186 valence electrons. The van der Waals surface area contributed by atoms with E-state index in [9.17, 15) is 9.59 Å². The topological polar surface area (TPSA) is 89.1 Å². The molecule has 2 aliphatic rings. The van der Waals surface area contributed by atoms with Crippen LogP contribution in [-0.2, 0) is 11.3 Å². The summed E-state index contributed by atoms with van der Waals surface area (Å²) < 4.78 is 16.0. The highest BCUT2D eigenvalue weighted by atomic mass is 16.7. The summed E-state index contributed by atoms with van der Waals surface area (Å²) in [6, 6.07) is 22.6. The lowest BCUT2D eigenvalue weighted by Gasteiger charge is -2.37. The van der Waals surface area contributed by atoms with Crippen LogP contribution in [0.15, 0.2) is 72.8 Å². The summed E-state index contributed by atoms with van der Waals surface area (Å²) >= 11 is 0. The van der Waals surface area contributed by atoms with E-state index in [4.69, 9.17) is 14.2 Å². The molecule has 0 bridgehead atoms. The average Bonchev–Trinajstić information content (AvgIpc) is 3.40. The minimum Gasteiger partial charge on any atom is -0.497 e. The van der Waals surface area contributed by atoms with Gasteiger partial charge in [0.15, 0.2) is 11.5 Å². The lowest BCUT2D eigenvalue weighted by Crippen LogP contribution is -2.49. The third-order valence-electron chi connectivity index (χ3n) is 6.62. The molecule has 0 aliphatic carbocycles. The minimum atomic E-state index is -0.334. The molecule has 2 aliphatic heterocycles. The normalized spacial score (nSPS) is 18.4. The number of nitrogens with one attached hydrogen (secondary N) is 2. The fourth-order valence-corrected chi connectivity index (χ4v) is 4.68. The second-order valence-electron chi connectivity index (χ2n) is 9.01. The summed E-state index contributed by atoms with van der Waals surface area (Å²) in [5.74, 6) is 1.76. The van der Waals surface area contributed by atoms with Gasteiger partial charge in [0.2, 0.25) is 12.7 Å². The first kappa shape index (κ1) is 23.5. The number of hydrogen-bond donors (Lipinski definition) is 2. The van der Waals surface area contributed by atoms with Crippen molar-refractivity contribution in [2.45, 2.75) is 18.9 Å². The van der Waals surface area contributed by atoms with E-state index >= 15 is 0 Å². The van der Waals surface area contributed by atoms with Crippen LogP contribution in [0.1, 0.15) is 23.5 Å². The van der Waals surface area contributed by atoms with Crippen molar-refractivity contribution in [2.24, 2.45) is 5.92 Å². The number of likely N-dealkylation sites (tertiary alicyclic amines) is 1. The number of ether oxygens (including phenoxy) is 3. The van der Waals surface area contributed by atoms with E-state index in [0.717, 1.165) is 11.1 Å². The van der Waals surface area contributed by atoms with Crippen LogP contribution < -0.4 is 24.8 Å². The van der Waals surface area contributed by atoms with Crippen molar-refractivity contribution in [3.8, 4) is 17.2 Å². The van der Waals surface area contributed by atoms with Crippen LogP contribution in [0, 0.1) is 5.92 Å². The first-order valence-corrected chi connectivity index (χ1v) is 12.0. The van der Waals surface area contributed by atoms with E-state index in [0.29, 0.717) is 49.0 Å². The Kier molecular flexibility index (Phi) is 6.93. The minimum absolute atomic E-state index is 0.0582. The standard InChI is InChI=1S/C28H29N3O5/c1-34-24-10-8-23(9-11-24)30-28(33)31-16-21(20-5-3-2-4-6-20)14-22(17-31)27(32)29-15-19-7-12-25-26(13-19)36-18-35-25/h2-13,21-22H,14-18H2,1H3,(H,29,32)(H,30,33)/t21-,22-/m0/s1. The fourth-order valence-electron chi connectivity index (χ4n) is 4.68. The lowest BCUT2D eigenvalue weighted by atomic mass is 9.84. The highest BCUT2D eigenvalue weighted by molar-refractivity contribution is 5.90. The van der Waals surface area contributed by atoms with Crippen molar-refractivity contribution in [2.75, 3.05) is 32.3 Å². The summed E-state index contributed by atoms with van der Waals surface area (Å²) in [4.78, 5) is 28.2. The van der Waals surface area contributed by atoms with E-state index in [1.807, 2.05) is 36.4 Å². The van der Waals surface area contributed by atoms with Gasteiger partial charge in [-0.3, -0.25) is 4.79 Å². The third-order valence-corrected chi connectivity index (χ3v) is 6.62.